The molecule has 0 saturated heterocycles. The molecule has 3 aromatic heterocycles. The number of nitrogens with one attached hydrogen (secondary N) is 3. The number of aromatic nitrogens is 5. The molecule has 1 aromatic carbocycles. The van der Waals surface area contributed by atoms with E-state index < -0.39 is 0 Å². The van der Waals surface area contributed by atoms with E-state index >= 15 is 0 Å². The Bertz CT molecular complexity index is 1110. The monoisotopic (exact) mass is 400 g/mol. The largest absolute Gasteiger partial charge is 0.357 e. The molecular weight excluding hydrogens is 387 g/mol. The Morgan fingerprint density at radius 3 is 2.70 bits per heavy atom. The molecule has 9 heteroatoms. The number of aryl methyl sites for hydroxylation is 1. The number of nitrogens with zero attached hydrogens (tertiary/aromatic N) is 3. The van der Waals surface area contributed by atoms with Crippen LogP contribution in [-0.4, -0.2) is 30.6 Å². The number of H-pyrrole nitrogens is 2. The summed E-state index contributed by atoms with van der Waals surface area (Å²) in [6.45, 7) is 0. The standard InChI is InChI=1S/C18H14Cl2N6O/c1-26-8-7-22-17(26)13-9-14(25-24-13)23-18(27)16-10(5-6-21-16)15-11(19)3-2-4-12(15)20/h2-9,21H,1H3,(H2,23,24,25,27). The van der Waals surface area contributed by atoms with Crippen LogP contribution in [0.1, 0.15) is 10.5 Å². The van der Waals surface area contributed by atoms with Crippen molar-refractivity contribution in [2.24, 2.45) is 7.05 Å². The first-order valence-corrected chi connectivity index (χ1v) is 8.76. The summed E-state index contributed by atoms with van der Waals surface area (Å²) >= 11 is 12.6. The summed E-state index contributed by atoms with van der Waals surface area (Å²) in [5.74, 6) is 0.735. The average Bonchev–Trinajstić information content (AvgIpc) is 3.35. The van der Waals surface area contributed by atoms with Gasteiger partial charge in [-0.1, -0.05) is 29.3 Å². The first-order chi connectivity index (χ1) is 13.0. The van der Waals surface area contributed by atoms with Gasteiger partial charge in [0.15, 0.2) is 11.6 Å². The number of benzene rings is 1. The van der Waals surface area contributed by atoms with Crippen molar-refractivity contribution in [2.45, 2.75) is 0 Å². The van der Waals surface area contributed by atoms with Crippen LogP contribution in [0.15, 0.2) is 48.9 Å². The normalized spacial score (nSPS) is 10.9. The number of aromatic amines is 2. The van der Waals surface area contributed by atoms with Crippen molar-refractivity contribution in [3.05, 3.63) is 64.7 Å². The number of rotatable bonds is 4. The Morgan fingerprint density at radius 1 is 1.22 bits per heavy atom. The number of anilines is 1. The van der Waals surface area contributed by atoms with Crippen molar-refractivity contribution in [3.8, 4) is 22.6 Å². The van der Waals surface area contributed by atoms with E-state index in [1.54, 1.807) is 42.7 Å². The third-order valence-electron chi connectivity index (χ3n) is 4.09. The van der Waals surface area contributed by atoms with E-state index in [4.69, 9.17) is 23.2 Å². The Kier molecular flexibility index (Phi) is 4.47. The SMILES string of the molecule is Cn1ccnc1-c1cc(NC(=O)c2[nH]ccc2-c2c(Cl)cccc2Cl)n[nH]1. The molecular formula is C18H14Cl2N6O. The minimum absolute atomic E-state index is 0.339. The summed E-state index contributed by atoms with van der Waals surface area (Å²) in [7, 11) is 1.87. The fourth-order valence-electron chi connectivity index (χ4n) is 2.83. The number of amides is 1. The second kappa shape index (κ2) is 6.94. The van der Waals surface area contributed by atoms with Gasteiger partial charge in [0.1, 0.15) is 11.4 Å². The maximum absolute atomic E-state index is 12.8. The molecule has 0 bridgehead atoms. The van der Waals surface area contributed by atoms with Gasteiger partial charge in [0, 0.05) is 52.9 Å². The van der Waals surface area contributed by atoms with Crippen LogP contribution in [0.2, 0.25) is 10.0 Å². The van der Waals surface area contributed by atoms with Crippen molar-refractivity contribution >= 4 is 34.9 Å². The summed E-state index contributed by atoms with van der Waals surface area (Å²) in [4.78, 5) is 19.9. The zero-order valence-electron chi connectivity index (χ0n) is 14.1. The Labute approximate surface area is 164 Å². The Morgan fingerprint density at radius 2 is 2.00 bits per heavy atom. The molecule has 0 aliphatic carbocycles. The van der Waals surface area contributed by atoms with Crippen LogP contribution in [0.5, 0.6) is 0 Å². The topological polar surface area (TPSA) is 91.4 Å². The summed E-state index contributed by atoms with van der Waals surface area (Å²) in [5.41, 5.74) is 2.25. The van der Waals surface area contributed by atoms with Crippen molar-refractivity contribution in [1.82, 2.24) is 24.7 Å². The summed E-state index contributed by atoms with van der Waals surface area (Å²) in [6.07, 6.45) is 5.17. The number of imidazole rings is 1. The fourth-order valence-corrected chi connectivity index (χ4v) is 3.43. The van der Waals surface area contributed by atoms with Gasteiger partial charge in [-0.25, -0.2) is 4.98 Å². The van der Waals surface area contributed by atoms with E-state index in [0.717, 1.165) is 0 Å². The molecule has 4 aromatic rings. The van der Waals surface area contributed by atoms with Crippen LogP contribution >= 0.6 is 23.2 Å². The lowest BCUT2D eigenvalue weighted by Crippen LogP contribution is -2.13. The predicted molar refractivity (Wildman–Crippen MR) is 105 cm³/mol. The van der Waals surface area contributed by atoms with Crippen molar-refractivity contribution in [3.63, 3.8) is 0 Å². The third-order valence-corrected chi connectivity index (χ3v) is 4.72. The van der Waals surface area contributed by atoms with Crippen LogP contribution < -0.4 is 5.32 Å². The van der Waals surface area contributed by atoms with Gasteiger partial charge in [0.05, 0.1) is 0 Å². The molecule has 0 spiro atoms. The smallest absolute Gasteiger partial charge is 0.273 e. The molecule has 3 N–H and O–H groups in total. The molecule has 1 amide bonds. The molecule has 27 heavy (non-hydrogen) atoms. The number of carbonyl (C=O) groups is 1. The third kappa shape index (κ3) is 3.22. The summed E-state index contributed by atoms with van der Waals surface area (Å²) < 4.78 is 1.85. The number of halogens is 2. The zero-order chi connectivity index (χ0) is 19.0. The zero-order valence-corrected chi connectivity index (χ0v) is 15.6. The van der Waals surface area contributed by atoms with Crippen LogP contribution in [0.3, 0.4) is 0 Å². The molecule has 0 radical (unpaired) electrons. The summed E-state index contributed by atoms with van der Waals surface area (Å²) in [6, 6.07) is 8.68. The van der Waals surface area contributed by atoms with E-state index in [1.165, 1.54) is 0 Å². The van der Waals surface area contributed by atoms with E-state index in [0.29, 0.717) is 44.2 Å². The van der Waals surface area contributed by atoms with Crippen molar-refractivity contribution < 1.29 is 4.79 Å². The number of hydrogen-bond donors (Lipinski definition) is 3. The highest BCUT2D eigenvalue weighted by Gasteiger charge is 2.19. The first-order valence-electron chi connectivity index (χ1n) is 8.01. The maximum Gasteiger partial charge on any atom is 0.273 e. The lowest BCUT2D eigenvalue weighted by molar-refractivity contribution is 0.102. The second-order valence-corrected chi connectivity index (χ2v) is 6.66. The van der Waals surface area contributed by atoms with Gasteiger partial charge in [-0.2, -0.15) is 5.10 Å². The van der Waals surface area contributed by atoms with Gasteiger partial charge in [-0.3, -0.25) is 9.89 Å². The van der Waals surface area contributed by atoms with Crippen LogP contribution in [-0.2, 0) is 7.05 Å². The van der Waals surface area contributed by atoms with E-state index in [-0.39, 0.29) is 5.91 Å². The van der Waals surface area contributed by atoms with Gasteiger partial charge in [0.25, 0.3) is 5.91 Å². The van der Waals surface area contributed by atoms with E-state index in [2.05, 4.69) is 25.5 Å². The molecule has 0 unspecified atom stereocenters. The molecule has 0 fully saturated rings. The lowest BCUT2D eigenvalue weighted by atomic mass is 10.1. The molecule has 4 rings (SSSR count). The maximum atomic E-state index is 12.8. The van der Waals surface area contributed by atoms with Crippen LogP contribution in [0.25, 0.3) is 22.6 Å². The van der Waals surface area contributed by atoms with Crippen molar-refractivity contribution in [1.29, 1.82) is 0 Å². The Balaban J connectivity index is 1.62. The minimum Gasteiger partial charge on any atom is -0.357 e. The molecule has 0 saturated carbocycles. The average molecular weight is 401 g/mol. The van der Waals surface area contributed by atoms with Crippen LogP contribution in [0.4, 0.5) is 5.82 Å². The Hall–Kier alpha value is -3.03. The number of carbonyl (C=O) groups excluding carboxylic acids is 1. The summed E-state index contributed by atoms with van der Waals surface area (Å²) in [5, 5.41) is 10.7. The fraction of sp³-hybridized carbons (Fsp3) is 0.0556. The van der Waals surface area contributed by atoms with Crippen molar-refractivity contribution in [2.75, 3.05) is 5.32 Å². The number of hydrogen-bond acceptors (Lipinski definition) is 3. The molecule has 0 aliphatic heterocycles. The van der Waals surface area contributed by atoms with E-state index in [9.17, 15) is 4.79 Å². The van der Waals surface area contributed by atoms with Gasteiger partial charge in [0.2, 0.25) is 0 Å². The highest BCUT2D eigenvalue weighted by atomic mass is 35.5. The molecule has 136 valence electrons. The molecule has 3 heterocycles. The van der Waals surface area contributed by atoms with Gasteiger partial charge in [-0.15, -0.1) is 0 Å². The lowest BCUT2D eigenvalue weighted by Gasteiger charge is -2.08. The van der Waals surface area contributed by atoms with Gasteiger partial charge < -0.3 is 14.9 Å². The van der Waals surface area contributed by atoms with Gasteiger partial charge in [-0.05, 0) is 18.2 Å². The highest BCUT2D eigenvalue weighted by Crippen LogP contribution is 2.36. The second-order valence-electron chi connectivity index (χ2n) is 5.85. The van der Waals surface area contributed by atoms with E-state index in [1.807, 2.05) is 17.8 Å². The predicted octanol–water partition coefficient (Wildman–Crippen LogP) is 4.36. The molecule has 7 nitrogen and oxygen atoms in total. The van der Waals surface area contributed by atoms with Gasteiger partial charge >= 0.3 is 0 Å². The highest BCUT2D eigenvalue weighted by molar-refractivity contribution is 6.39. The quantitative estimate of drug-likeness (QED) is 0.474. The minimum atomic E-state index is -0.358. The van der Waals surface area contributed by atoms with Crippen LogP contribution in [0, 0.1) is 0 Å². The molecule has 0 aliphatic rings. The molecule has 0 atom stereocenters. The first kappa shape index (κ1) is 17.4.